The quantitative estimate of drug-likeness (QED) is 0.250. The fraction of sp³-hybridized carbons (Fsp3) is 0.280. The molecule has 2 atom stereocenters. The number of aryl methyl sites for hydroxylation is 1. The highest BCUT2D eigenvalue weighted by atomic mass is 19.1. The predicted octanol–water partition coefficient (Wildman–Crippen LogP) is 1.63. The Morgan fingerprint density at radius 2 is 1.92 bits per heavy atom. The van der Waals surface area contributed by atoms with Crippen molar-refractivity contribution in [1.82, 2.24) is 45.9 Å². The SMILES string of the molecule is Cn1nc([C@]2(C3CNNC3)N[C@@H](c3ncc(-c4ccc(F)cn4)[nH]3)Cc3c2[nH]c2ccccc32)oc1=O. The Bertz CT molecular complexity index is 1660. The smallest absolute Gasteiger partial charge is 0.390 e. The molecule has 6 heterocycles. The highest BCUT2D eigenvalue weighted by Gasteiger charge is 2.54. The van der Waals surface area contributed by atoms with Gasteiger partial charge in [-0.05, 0) is 30.2 Å². The fourth-order valence-electron chi connectivity index (χ4n) is 5.63. The molecule has 1 fully saturated rings. The van der Waals surface area contributed by atoms with Crippen molar-refractivity contribution in [2.45, 2.75) is 18.0 Å². The molecule has 7 rings (SSSR count). The lowest BCUT2D eigenvalue weighted by Gasteiger charge is -2.42. The van der Waals surface area contributed by atoms with Gasteiger partial charge in [0, 0.05) is 42.7 Å². The number of aromatic amines is 2. The van der Waals surface area contributed by atoms with Gasteiger partial charge in [0.15, 0.2) is 0 Å². The Morgan fingerprint density at radius 3 is 2.68 bits per heavy atom. The first kappa shape index (κ1) is 22.1. The number of fused-ring (bicyclic) bond motifs is 3. The van der Waals surface area contributed by atoms with Crippen LogP contribution in [0.5, 0.6) is 0 Å². The van der Waals surface area contributed by atoms with E-state index in [-0.39, 0.29) is 12.0 Å². The van der Waals surface area contributed by atoms with E-state index in [2.05, 4.69) is 47.3 Å². The molecule has 5 aromatic rings. The number of pyridine rings is 1. The number of hydrazine groups is 1. The third kappa shape index (κ3) is 3.37. The van der Waals surface area contributed by atoms with Gasteiger partial charge >= 0.3 is 5.76 Å². The third-order valence-electron chi connectivity index (χ3n) is 7.41. The number of halogens is 1. The van der Waals surface area contributed by atoms with Crippen molar-refractivity contribution in [2.24, 2.45) is 13.0 Å². The number of aromatic nitrogens is 6. The van der Waals surface area contributed by atoms with E-state index in [9.17, 15) is 9.18 Å². The summed E-state index contributed by atoms with van der Waals surface area (Å²) in [5, 5.41) is 9.41. The van der Waals surface area contributed by atoms with Crippen LogP contribution in [-0.2, 0) is 19.0 Å². The lowest BCUT2D eigenvalue weighted by molar-refractivity contribution is 0.179. The molecule has 0 radical (unpaired) electrons. The number of hydrogen-bond donors (Lipinski definition) is 5. The highest BCUT2D eigenvalue weighted by molar-refractivity contribution is 5.85. The summed E-state index contributed by atoms with van der Waals surface area (Å²) in [5.74, 6) is 0.00855. The second kappa shape index (κ2) is 8.20. The second-order valence-corrected chi connectivity index (χ2v) is 9.53. The number of rotatable bonds is 4. The molecule has 2 aliphatic rings. The summed E-state index contributed by atoms with van der Waals surface area (Å²) in [6.45, 7) is 1.25. The standard InChI is InChI=1S/C25H24FN9O2/c1-35-24(36)37-23(34-35)25(13-9-29-30-10-13)21-16(15-4-2-3-5-17(15)31-21)8-19(33-25)22-28-12-20(32-22)18-7-6-14(26)11-27-18/h2-7,11-13,19,29-31,33H,8-10H2,1H3,(H,28,32)/t19-,25-/m1/s1. The lowest BCUT2D eigenvalue weighted by atomic mass is 9.74. The maximum absolute atomic E-state index is 13.4. The molecule has 12 heteroatoms. The molecule has 5 N–H and O–H groups in total. The summed E-state index contributed by atoms with van der Waals surface area (Å²) in [6.07, 6.45) is 3.51. The van der Waals surface area contributed by atoms with Gasteiger partial charge in [-0.15, -0.1) is 5.10 Å². The van der Waals surface area contributed by atoms with Crippen molar-refractivity contribution >= 4 is 10.9 Å². The van der Waals surface area contributed by atoms with Crippen molar-refractivity contribution in [3.63, 3.8) is 0 Å². The van der Waals surface area contributed by atoms with Gasteiger partial charge in [0.05, 0.1) is 29.8 Å². The van der Waals surface area contributed by atoms with Crippen LogP contribution >= 0.6 is 0 Å². The molecule has 1 saturated heterocycles. The molecule has 0 unspecified atom stereocenters. The molecule has 2 aliphatic heterocycles. The van der Waals surface area contributed by atoms with Crippen LogP contribution in [0.2, 0.25) is 0 Å². The number of imidazole rings is 1. The van der Waals surface area contributed by atoms with E-state index in [0.717, 1.165) is 22.2 Å². The number of benzene rings is 1. The number of para-hydroxylation sites is 1. The Balaban J connectivity index is 1.42. The predicted molar refractivity (Wildman–Crippen MR) is 132 cm³/mol. The minimum atomic E-state index is -0.949. The van der Waals surface area contributed by atoms with Gasteiger partial charge < -0.3 is 14.4 Å². The molecule has 4 aromatic heterocycles. The monoisotopic (exact) mass is 501 g/mol. The number of nitrogens with zero attached hydrogens (tertiary/aromatic N) is 4. The Hall–Kier alpha value is -4.13. The Kier molecular flexibility index (Phi) is 4.90. The van der Waals surface area contributed by atoms with Crippen LogP contribution in [-0.4, -0.2) is 42.8 Å². The van der Waals surface area contributed by atoms with Crippen LogP contribution in [0.25, 0.3) is 22.3 Å². The minimum Gasteiger partial charge on any atom is -0.390 e. The molecule has 0 saturated carbocycles. The van der Waals surface area contributed by atoms with Crippen molar-refractivity contribution in [1.29, 1.82) is 0 Å². The van der Waals surface area contributed by atoms with E-state index in [4.69, 9.17) is 4.42 Å². The molecular formula is C25H24FN9O2. The second-order valence-electron chi connectivity index (χ2n) is 9.53. The average Bonchev–Trinajstić information content (AvgIpc) is 3.71. The first-order valence-electron chi connectivity index (χ1n) is 12.1. The van der Waals surface area contributed by atoms with Crippen molar-refractivity contribution in [3.8, 4) is 11.4 Å². The van der Waals surface area contributed by atoms with Gasteiger partial charge in [-0.25, -0.2) is 14.2 Å². The molecule has 0 amide bonds. The molecule has 11 nitrogen and oxygen atoms in total. The van der Waals surface area contributed by atoms with Crippen molar-refractivity contribution < 1.29 is 8.81 Å². The largest absolute Gasteiger partial charge is 0.436 e. The number of nitrogens with one attached hydrogen (secondary N) is 5. The van der Waals surface area contributed by atoms with E-state index in [0.29, 0.717) is 42.6 Å². The maximum Gasteiger partial charge on any atom is 0.436 e. The van der Waals surface area contributed by atoms with Gasteiger partial charge in [-0.2, -0.15) is 4.68 Å². The summed E-state index contributed by atoms with van der Waals surface area (Å²) in [6, 6.07) is 10.8. The van der Waals surface area contributed by atoms with Crippen LogP contribution in [0.15, 0.2) is 58.0 Å². The van der Waals surface area contributed by atoms with Gasteiger partial charge in [-0.3, -0.25) is 21.2 Å². The summed E-state index contributed by atoms with van der Waals surface area (Å²) in [7, 11) is 1.58. The van der Waals surface area contributed by atoms with E-state index >= 15 is 0 Å². The summed E-state index contributed by atoms with van der Waals surface area (Å²) < 4.78 is 20.4. The summed E-state index contributed by atoms with van der Waals surface area (Å²) in [4.78, 5) is 28.3. The topological polar surface area (TPSA) is 141 Å². The van der Waals surface area contributed by atoms with Crippen LogP contribution in [0.4, 0.5) is 4.39 Å². The molecule has 188 valence electrons. The van der Waals surface area contributed by atoms with E-state index in [1.165, 1.54) is 16.9 Å². The number of H-pyrrole nitrogens is 2. The number of hydrogen-bond acceptors (Lipinski definition) is 8. The van der Waals surface area contributed by atoms with E-state index < -0.39 is 17.1 Å². The van der Waals surface area contributed by atoms with Crippen LogP contribution in [0.1, 0.15) is 29.0 Å². The zero-order valence-corrected chi connectivity index (χ0v) is 19.9. The summed E-state index contributed by atoms with van der Waals surface area (Å²) in [5.41, 5.74) is 9.78. The highest BCUT2D eigenvalue weighted by Crippen LogP contribution is 2.46. The van der Waals surface area contributed by atoms with Crippen molar-refractivity contribution in [2.75, 3.05) is 13.1 Å². The molecular weight excluding hydrogens is 477 g/mol. The average molecular weight is 502 g/mol. The minimum absolute atomic E-state index is 0.0478. The van der Waals surface area contributed by atoms with Crippen molar-refractivity contribution in [3.05, 3.63) is 88.1 Å². The molecule has 0 bridgehead atoms. The molecule has 1 aromatic carbocycles. The normalized spacial score (nSPS) is 22.1. The van der Waals surface area contributed by atoms with E-state index in [1.807, 2.05) is 18.2 Å². The van der Waals surface area contributed by atoms with Gasteiger partial charge in [0.1, 0.15) is 17.2 Å². The molecule has 37 heavy (non-hydrogen) atoms. The lowest BCUT2D eigenvalue weighted by Crippen LogP contribution is -2.56. The zero-order valence-electron chi connectivity index (χ0n) is 19.9. The van der Waals surface area contributed by atoms with Gasteiger partial charge in [-0.1, -0.05) is 18.2 Å². The molecule has 0 spiro atoms. The van der Waals surface area contributed by atoms with E-state index in [1.54, 1.807) is 19.3 Å². The zero-order chi connectivity index (χ0) is 25.1. The Morgan fingerprint density at radius 1 is 1.08 bits per heavy atom. The van der Waals surface area contributed by atoms with Gasteiger partial charge in [0.25, 0.3) is 0 Å². The first-order chi connectivity index (χ1) is 18.0. The third-order valence-corrected chi connectivity index (χ3v) is 7.41. The van der Waals surface area contributed by atoms with Crippen LogP contribution < -0.4 is 21.9 Å². The van der Waals surface area contributed by atoms with Gasteiger partial charge in [0.2, 0.25) is 5.89 Å². The van der Waals surface area contributed by atoms with Crippen LogP contribution in [0.3, 0.4) is 0 Å². The molecule has 0 aliphatic carbocycles. The first-order valence-corrected chi connectivity index (χ1v) is 12.1. The summed E-state index contributed by atoms with van der Waals surface area (Å²) >= 11 is 0. The fourth-order valence-corrected chi connectivity index (χ4v) is 5.63. The Labute approximate surface area is 209 Å². The maximum atomic E-state index is 13.4. The van der Waals surface area contributed by atoms with Crippen LogP contribution in [0, 0.1) is 11.7 Å².